The summed E-state index contributed by atoms with van der Waals surface area (Å²) in [5, 5.41) is 10.5. The number of phosphoric acid groups is 2. The highest BCUT2D eigenvalue weighted by Crippen LogP contribution is 2.45. The predicted octanol–water partition coefficient (Wildman–Crippen LogP) is 15.1. The Kier molecular flexibility index (Phi) is 49.9. The molecule has 17 nitrogen and oxygen atoms in total. The van der Waals surface area contributed by atoms with Crippen LogP contribution in [-0.4, -0.2) is 96.7 Å². The average molecular weight is 1130 g/mol. The van der Waals surface area contributed by atoms with Gasteiger partial charge in [-0.15, -0.1) is 0 Å². The van der Waals surface area contributed by atoms with Crippen molar-refractivity contribution >= 4 is 39.5 Å². The van der Waals surface area contributed by atoms with E-state index in [1.54, 1.807) is 0 Å². The molecule has 76 heavy (non-hydrogen) atoms. The highest BCUT2D eigenvalue weighted by atomic mass is 31.2. The summed E-state index contributed by atoms with van der Waals surface area (Å²) in [7, 11) is -9.86. The second kappa shape index (κ2) is 51.2. The summed E-state index contributed by atoms with van der Waals surface area (Å²) in [6, 6.07) is 0. The maximum Gasteiger partial charge on any atom is 0.472 e. The first-order valence-electron chi connectivity index (χ1n) is 30.1. The van der Waals surface area contributed by atoms with Crippen LogP contribution >= 0.6 is 15.6 Å². The van der Waals surface area contributed by atoms with Gasteiger partial charge in [0.25, 0.3) is 0 Å². The van der Waals surface area contributed by atoms with Gasteiger partial charge in [0.2, 0.25) is 0 Å². The number of carbonyl (C=O) groups is 4. The molecule has 0 aromatic rings. The molecule has 0 bridgehead atoms. The molecule has 0 aliphatic heterocycles. The number of aliphatic hydroxyl groups is 1. The third-order valence-corrected chi connectivity index (χ3v) is 14.9. The Labute approximate surface area is 460 Å². The second-order valence-electron chi connectivity index (χ2n) is 21.2. The Morgan fingerprint density at radius 3 is 0.895 bits per heavy atom. The van der Waals surface area contributed by atoms with Crippen molar-refractivity contribution in [2.75, 3.05) is 39.6 Å². The van der Waals surface area contributed by atoms with Gasteiger partial charge in [-0.2, -0.15) is 0 Å². The first-order chi connectivity index (χ1) is 36.5. The molecular weight excluding hydrogens is 1020 g/mol. The normalized spacial score (nSPS) is 14.4. The SMILES string of the molecule is CCCCCCCCCCCCC(=O)OC[C@H](COP(=O)(O)OC[C@@H](O)COP(=O)(O)OC[C@@H](COC(=O)CCCCCCCCC)OC(=O)CCCCCCCCCCC)OC(=O)CCCCCCCCCC(C)C. The summed E-state index contributed by atoms with van der Waals surface area (Å²) in [4.78, 5) is 71.7. The largest absolute Gasteiger partial charge is 0.472 e. The monoisotopic (exact) mass is 1130 g/mol. The molecule has 450 valence electrons. The summed E-state index contributed by atoms with van der Waals surface area (Å²) >= 11 is 0. The van der Waals surface area contributed by atoms with E-state index in [-0.39, 0.29) is 25.7 Å². The molecule has 0 heterocycles. The zero-order chi connectivity index (χ0) is 56.4. The topological polar surface area (TPSA) is 237 Å². The zero-order valence-electron chi connectivity index (χ0n) is 48.4. The molecular formula is C57H110O17P2. The second-order valence-corrected chi connectivity index (χ2v) is 24.1. The number of esters is 4. The molecule has 0 aliphatic carbocycles. The maximum absolute atomic E-state index is 12.9. The van der Waals surface area contributed by atoms with Crippen LogP contribution in [0.4, 0.5) is 0 Å². The Bertz CT molecular complexity index is 1500. The summed E-state index contributed by atoms with van der Waals surface area (Å²) in [5.74, 6) is -1.45. The lowest BCUT2D eigenvalue weighted by molar-refractivity contribution is -0.161. The molecule has 0 saturated carbocycles. The first-order valence-corrected chi connectivity index (χ1v) is 33.1. The summed E-state index contributed by atoms with van der Waals surface area (Å²) in [6.45, 7) is 7.01. The van der Waals surface area contributed by atoms with Gasteiger partial charge in [0, 0.05) is 25.7 Å². The number of rotatable bonds is 57. The van der Waals surface area contributed by atoms with Crippen LogP contribution in [0.3, 0.4) is 0 Å². The van der Waals surface area contributed by atoms with E-state index in [1.807, 2.05) is 0 Å². The molecule has 0 saturated heterocycles. The van der Waals surface area contributed by atoms with Crippen molar-refractivity contribution in [3.63, 3.8) is 0 Å². The lowest BCUT2D eigenvalue weighted by atomic mass is 10.0. The maximum atomic E-state index is 12.9. The molecule has 0 aromatic carbocycles. The number of phosphoric ester groups is 2. The summed E-state index contributed by atoms with van der Waals surface area (Å²) in [6.07, 6.45) is 32.3. The van der Waals surface area contributed by atoms with E-state index >= 15 is 0 Å². The van der Waals surface area contributed by atoms with Gasteiger partial charge in [0.1, 0.15) is 19.3 Å². The molecule has 0 spiro atoms. The van der Waals surface area contributed by atoms with E-state index in [2.05, 4.69) is 34.6 Å². The molecule has 0 radical (unpaired) electrons. The van der Waals surface area contributed by atoms with Gasteiger partial charge in [0.05, 0.1) is 26.4 Å². The van der Waals surface area contributed by atoms with E-state index in [0.717, 1.165) is 103 Å². The number of carbonyl (C=O) groups excluding carboxylic acids is 4. The van der Waals surface area contributed by atoms with Crippen LogP contribution in [0.1, 0.15) is 279 Å². The van der Waals surface area contributed by atoms with Gasteiger partial charge >= 0.3 is 39.5 Å². The minimum absolute atomic E-state index is 0.103. The lowest BCUT2D eigenvalue weighted by Crippen LogP contribution is -2.30. The molecule has 5 atom stereocenters. The van der Waals surface area contributed by atoms with Crippen LogP contribution in [0, 0.1) is 5.92 Å². The number of unbranched alkanes of at least 4 members (excludes halogenated alkanes) is 29. The Morgan fingerprint density at radius 1 is 0.355 bits per heavy atom. The summed E-state index contributed by atoms with van der Waals surface area (Å²) < 4.78 is 67.5. The molecule has 0 aromatic heterocycles. The van der Waals surface area contributed by atoms with Gasteiger partial charge in [-0.3, -0.25) is 37.3 Å². The molecule has 0 amide bonds. The first kappa shape index (κ1) is 74.1. The van der Waals surface area contributed by atoms with E-state index in [4.69, 9.17) is 37.0 Å². The van der Waals surface area contributed by atoms with Crippen molar-refractivity contribution in [3.05, 3.63) is 0 Å². The van der Waals surface area contributed by atoms with Crippen LogP contribution in [0.5, 0.6) is 0 Å². The number of hydrogen-bond acceptors (Lipinski definition) is 15. The number of aliphatic hydroxyl groups excluding tert-OH is 1. The van der Waals surface area contributed by atoms with Gasteiger partial charge in [-0.25, -0.2) is 9.13 Å². The fourth-order valence-electron chi connectivity index (χ4n) is 8.34. The van der Waals surface area contributed by atoms with Crippen molar-refractivity contribution in [2.45, 2.75) is 297 Å². The van der Waals surface area contributed by atoms with Crippen LogP contribution < -0.4 is 0 Å². The van der Waals surface area contributed by atoms with Crippen molar-refractivity contribution in [1.29, 1.82) is 0 Å². The Morgan fingerprint density at radius 2 is 0.605 bits per heavy atom. The molecule has 0 aliphatic rings. The third-order valence-electron chi connectivity index (χ3n) is 13.0. The predicted molar refractivity (Wildman–Crippen MR) is 298 cm³/mol. The van der Waals surface area contributed by atoms with Crippen LogP contribution in [0.25, 0.3) is 0 Å². The fraction of sp³-hybridized carbons (Fsp3) is 0.930. The summed E-state index contributed by atoms with van der Waals surface area (Å²) in [5.41, 5.74) is 0. The molecule has 19 heteroatoms. The minimum atomic E-state index is -4.93. The van der Waals surface area contributed by atoms with Crippen molar-refractivity contribution in [2.24, 2.45) is 5.92 Å². The third kappa shape index (κ3) is 51.5. The van der Waals surface area contributed by atoms with Gasteiger partial charge in [0.15, 0.2) is 12.2 Å². The van der Waals surface area contributed by atoms with E-state index in [1.165, 1.54) is 89.9 Å². The van der Waals surface area contributed by atoms with Crippen molar-refractivity contribution < 1.29 is 80.2 Å². The average Bonchev–Trinajstić information content (AvgIpc) is 3.38. The standard InChI is InChI=1S/C57H110O17P2/c1-6-9-12-15-18-20-22-26-31-36-41-55(60)68-47-53(74-57(62)43-38-33-28-23-25-29-34-39-50(4)5)49-72-76(65,66)70-45-51(58)44-69-75(63,64)71-48-52(46-67-54(59)40-35-30-24-17-14-11-8-3)73-56(61)42-37-32-27-21-19-16-13-10-7-2/h50-53,58H,6-49H2,1-5H3,(H,63,64)(H,65,66)/t51-,52+,53+/m0/s1. The zero-order valence-corrected chi connectivity index (χ0v) is 50.2. The Hall–Kier alpha value is -1.94. The van der Waals surface area contributed by atoms with Crippen LogP contribution in [0.15, 0.2) is 0 Å². The Balaban J connectivity index is 5.21. The highest BCUT2D eigenvalue weighted by molar-refractivity contribution is 7.47. The molecule has 0 rings (SSSR count). The van der Waals surface area contributed by atoms with E-state index in [0.29, 0.717) is 31.6 Å². The minimum Gasteiger partial charge on any atom is -0.462 e. The van der Waals surface area contributed by atoms with Crippen LogP contribution in [-0.2, 0) is 65.4 Å². The number of hydrogen-bond donors (Lipinski definition) is 3. The smallest absolute Gasteiger partial charge is 0.462 e. The number of ether oxygens (including phenoxy) is 4. The van der Waals surface area contributed by atoms with Crippen molar-refractivity contribution in [1.82, 2.24) is 0 Å². The lowest BCUT2D eigenvalue weighted by Gasteiger charge is -2.21. The van der Waals surface area contributed by atoms with Crippen LogP contribution in [0.2, 0.25) is 0 Å². The van der Waals surface area contributed by atoms with Gasteiger partial charge in [-0.1, -0.05) is 227 Å². The van der Waals surface area contributed by atoms with Crippen molar-refractivity contribution in [3.8, 4) is 0 Å². The molecule has 3 N–H and O–H groups in total. The van der Waals surface area contributed by atoms with Gasteiger partial charge in [-0.05, 0) is 31.6 Å². The van der Waals surface area contributed by atoms with E-state index in [9.17, 15) is 43.2 Å². The highest BCUT2D eigenvalue weighted by Gasteiger charge is 2.30. The van der Waals surface area contributed by atoms with E-state index < -0.39 is 97.5 Å². The molecule has 2 unspecified atom stereocenters. The molecule has 0 fully saturated rings. The van der Waals surface area contributed by atoms with Gasteiger partial charge < -0.3 is 33.8 Å². The fourth-order valence-corrected chi connectivity index (χ4v) is 9.92. The quantitative estimate of drug-likeness (QED) is 0.0222.